The maximum Gasteiger partial charge on any atom is 0.268 e. The van der Waals surface area contributed by atoms with E-state index in [0.717, 1.165) is 103 Å². The number of aliphatic hydroxyl groups is 1. The number of amides is 1. The molecule has 450 valence electrons. The molecule has 0 fully saturated rings. The first kappa shape index (κ1) is 75.2. The molecule has 0 rings (SSSR count). The molecule has 8 nitrogen and oxygen atoms in total. The van der Waals surface area contributed by atoms with E-state index in [0.29, 0.717) is 17.4 Å². The Hall–Kier alpha value is -2.84. The summed E-state index contributed by atoms with van der Waals surface area (Å²) in [5.74, 6) is -0.223. The van der Waals surface area contributed by atoms with E-state index in [1.54, 1.807) is 6.08 Å². The molecule has 3 unspecified atom stereocenters. The Balaban J connectivity index is 4.25. The van der Waals surface area contributed by atoms with Crippen molar-refractivity contribution in [3.05, 3.63) is 109 Å². The van der Waals surface area contributed by atoms with Gasteiger partial charge in [-0.3, -0.25) is 9.36 Å². The highest BCUT2D eigenvalue weighted by atomic mass is 31.2. The number of carbonyl (C=O) groups excluding carboxylic acids is 1. The van der Waals surface area contributed by atoms with Gasteiger partial charge in [0.1, 0.15) is 13.2 Å². The van der Waals surface area contributed by atoms with Crippen LogP contribution in [0.1, 0.15) is 271 Å². The lowest BCUT2D eigenvalue weighted by Crippen LogP contribution is -2.45. The standard InChI is InChI=1S/C69H123N2O6P/c1-6-8-10-12-14-16-18-20-22-24-26-28-30-32-34-35-37-39-41-43-45-47-49-51-53-55-57-59-61-63-69(73)70-67(66-77-78(74,75)76-65-64-71(3,4)5)68(72)62-60-58-56-54-52-50-48-46-44-42-40-38-36-33-31-29-27-25-23-21-19-17-15-13-11-9-7-2/h8,10,14,16,20,22,26,28,32,34,37,39,43,45,49,51,60,62,67-68,72H,6-7,9,11-13,15,17-19,21,23-25,27,29-31,33,35-36,38,40-42,44,46-48,50,52-59,61,63-66H2,1-5H3,(H-,70,73,74,75)/b10-8-,16-14-,22-20-,28-26-,34-32-,39-37-,45-43-,51-49-,62-60+. The largest absolute Gasteiger partial charge is 0.756 e. The van der Waals surface area contributed by atoms with Crippen molar-refractivity contribution in [1.82, 2.24) is 5.32 Å². The zero-order valence-electron chi connectivity index (χ0n) is 51.3. The molecule has 0 radical (unpaired) electrons. The summed E-state index contributed by atoms with van der Waals surface area (Å²) >= 11 is 0. The second-order valence-corrected chi connectivity index (χ2v) is 24.1. The summed E-state index contributed by atoms with van der Waals surface area (Å²) in [6, 6.07) is -0.910. The van der Waals surface area contributed by atoms with Crippen molar-refractivity contribution in [3.8, 4) is 0 Å². The lowest BCUT2D eigenvalue weighted by Gasteiger charge is -2.29. The lowest BCUT2D eigenvalue weighted by molar-refractivity contribution is -0.870. The van der Waals surface area contributed by atoms with Crippen LogP contribution in [0.5, 0.6) is 0 Å². The van der Waals surface area contributed by atoms with Crippen LogP contribution in [0.3, 0.4) is 0 Å². The molecule has 0 aliphatic heterocycles. The third-order valence-corrected chi connectivity index (χ3v) is 15.0. The van der Waals surface area contributed by atoms with Crippen LogP contribution in [0.15, 0.2) is 109 Å². The Labute approximate surface area is 482 Å². The molecule has 9 heteroatoms. The molecule has 0 aliphatic carbocycles. The number of nitrogens with one attached hydrogen (secondary N) is 1. The topological polar surface area (TPSA) is 108 Å². The van der Waals surface area contributed by atoms with Crippen LogP contribution >= 0.6 is 7.82 Å². The molecule has 0 saturated carbocycles. The number of aliphatic hydroxyl groups excluding tert-OH is 1. The summed E-state index contributed by atoms with van der Waals surface area (Å²) in [5, 5.41) is 13.9. The van der Waals surface area contributed by atoms with Crippen LogP contribution in [0, 0.1) is 0 Å². The second-order valence-electron chi connectivity index (χ2n) is 22.7. The number of unbranched alkanes of at least 4 members (excludes halogenated alkanes) is 29. The second kappa shape index (κ2) is 58.8. The van der Waals surface area contributed by atoms with Crippen molar-refractivity contribution in [3.63, 3.8) is 0 Å². The van der Waals surface area contributed by atoms with Crippen molar-refractivity contribution in [1.29, 1.82) is 0 Å². The highest BCUT2D eigenvalue weighted by Gasteiger charge is 2.23. The van der Waals surface area contributed by atoms with Crippen LogP contribution in [-0.2, 0) is 18.4 Å². The summed E-state index contributed by atoms with van der Waals surface area (Å²) in [7, 11) is 1.23. The Bertz CT molecular complexity index is 1640. The molecular weight excluding hydrogens is 984 g/mol. The van der Waals surface area contributed by atoms with Crippen molar-refractivity contribution in [2.75, 3.05) is 40.9 Å². The highest BCUT2D eigenvalue weighted by molar-refractivity contribution is 7.45. The Morgan fingerprint density at radius 1 is 0.462 bits per heavy atom. The van der Waals surface area contributed by atoms with Crippen molar-refractivity contribution in [2.24, 2.45) is 0 Å². The zero-order chi connectivity index (χ0) is 57.0. The fourth-order valence-corrected chi connectivity index (χ4v) is 9.72. The summed E-state index contributed by atoms with van der Waals surface area (Å²) in [6.07, 6.45) is 86.1. The summed E-state index contributed by atoms with van der Waals surface area (Å²) in [6.45, 7) is 4.53. The molecule has 3 atom stereocenters. The third-order valence-electron chi connectivity index (χ3n) is 14.0. The van der Waals surface area contributed by atoms with Crippen LogP contribution in [-0.4, -0.2) is 68.5 Å². The van der Waals surface area contributed by atoms with Gasteiger partial charge >= 0.3 is 0 Å². The molecule has 1 amide bonds. The minimum Gasteiger partial charge on any atom is -0.756 e. The summed E-state index contributed by atoms with van der Waals surface area (Å²) < 4.78 is 23.4. The third kappa shape index (κ3) is 60.8. The van der Waals surface area contributed by atoms with Gasteiger partial charge in [-0.1, -0.05) is 290 Å². The molecule has 2 N–H and O–H groups in total. The number of carbonyl (C=O) groups is 1. The lowest BCUT2D eigenvalue weighted by atomic mass is 10.0. The van der Waals surface area contributed by atoms with Crippen molar-refractivity contribution < 1.29 is 32.9 Å². The van der Waals surface area contributed by atoms with Crippen molar-refractivity contribution >= 4 is 13.7 Å². The van der Waals surface area contributed by atoms with Crippen molar-refractivity contribution in [2.45, 2.75) is 283 Å². The zero-order valence-corrected chi connectivity index (χ0v) is 52.2. The van der Waals surface area contributed by atoms with E-state index >= 15 is 0 Å². The van der Waals surface area contributed by atoms with Gasteiger partial charge in [-0.25, -0.2) is 0 Å². The number of phosphoric ester groups is 1. The Morgan fingerprint density at radius 2 is 0.782 bits per heavy atom. The van der Waals surface area contributed by atoms with E-state index in [1.165, 1.54) is 148 Å². The van der Waals surface area contributed by atoms with Gasteiger partial charge in [0, 0.05) is 6.42 Å². The number of phosphoric acid groups is 1. The number of likely N-dealkylation sites (N-methyl/N-ethyl adjacent to an activating group) is 1. The molecule has 0 aliphatic rings. The predicted octanol–water partition coefficient (Wildman–Crippen LogP) is 19.7. The van der Waals surface area contributed by atoms with Gasteiger partial charge in [0.15, 0.2) is 0 Å². The molecule has 0 heterocycles. The molecular formula is C69H123N2O6P. The van der Waals surface area contributed by atoms with E-state index < -0.39 is 26.6 Å². The maximum atomic E-state index is 13.0. The van der Waals surface area contributed by atoms with Gasteiger partial charge in [-0.15, -0.1) is 0 Å². The van der Waals surface area contributed by atoms with Gasteiger partial charge in [0.05, 0.1) is 39.9 Å². The SMILES string of the molecule is CC/C=C\C/C=C\C/C=C\C/C=C\C/C=C\C/C=C\C/C=C\C/C=C\CCCCCCC(=O)NC(COP(=O)([O-])OCC[N+](C)(C)C)C(O)/C=C/CCCCCCCCCCCCCCCCCCCCCCCCCCC. The molecule has 0 saturated heterocycles. The number of hydrogen-bond acceptors (Lipinski definition) is 6. The van der Waals surface area contributed by atoms with Gasteiger partial charge in [0.25, 0.3) is 7.82 Å². The first-order valence-corrected chi connectivity index (χ1v) is 33.7. The molecule has 0 bridgehead atoms. The Morgan fingerprint density at radius 3 is 1.14 bits per heavy atom. The van der Waals surface area contributed by atoms with E-state index in [9.17, 15) is 19.4 Å². The van der Waals surface area contributed by atoms with Crippen LogP contribution < -0.4 is 10.2 Å². The fourth-order valence-electron chi connectivity index (χ4n) is 8.99. The highest BCUT2D eigenvalue weighted by Crippen LogP contribution is 2.38. The first-order chi connectivity index (χ1) is 38.0. The number of nitrogens with zero attached hydrogens (tertiary/aromatic N) is 1. The average Bonchev–Trinajstić information content (AvgIpc) is 3.41. The van der Waals surface area contributed by atoms with E-state index in [2.05, 4.69) is 116 Å². The van der Waals surface area contributed by atoms with Crippen LogP contribution in [0.25, 0.3) is 0 Å². The van der Waals surface area contributed by atoms with Gasteiger partial charge in [-0.05, 0) is 83.5 Å². The normalized spacial score (nSPS) is 14.5. The average molecular weight is 1110 g/mol. The van der Waals surface area contributed by atoms with Gasteiger partial charge in [0.2, 0.25) is 5.91 Å². The van der Waals surface area contributed by atoms with E-state index in [4.69, 9.17) is 9.05 Å². The quantitative estimate of drug-likeness (QED) is 0.0272. The van der Waals surface area contributed by atoms with Gasteiger partial charge in [-0.2, -0.15) is 0 Å². The summed E-state index contributed by atoms with van der Waals surface area (Å²) in [4.78, 5) is 25.6. The van der Waals surface area contributed by atoms with Crippen LogP contribution in [0.4, 0.5) is 0 Å². The molecule has 0 aromatic rings. The van der Waals surface area contributed by atoms with E-state index in [1.807, 2.05) is 27.2 Å². The van der Waals surface area contributed by atoms with Crippen LogP contribution in [0.2, 0.25) is 0 Å². The minimum absolute atomic E-state index is 0.0120. The molecule has 0 spiro atoms. The van der Waals surface area contributed by atoms with Gasteiger partial charge < -0.3 is 28.8 Å². The number of quaternary nitrogens is 1. The van der Waals surface area contributed by atoms with E-state index in [-0.39, 0.29) is 12.5 Å². The smallest absolute Gasteiger partial charge is 0.268 e. The fraction of sp³-hybridized carbons (Fsp3) is 0.725. The first-order valence-electron chi connectivity index (χ1n) is 32.2. The number of rotatable bonds is 58. The Kier molecular flexibility index (Phi) is 56.7. The number of hydrogen-bond donors (Lipinski definition) is 2. The summed E-state index contributed by atoms with van der Waals surface area (Å²) in [5.41, 5.74) is 0. The molecule has 78 heavy (non-hydrogen) atoms. The molecule has 0 aromatic heterocycles. The number of allylic oxidation sites excluding steroid dienone is 17. The maximum absolute atomic E-state index is 13.0. The molecule has 0 aromatic carbocycles. The minimum atomic E-state index is -4.62. The predicted molar refractivity (Wildman–Crippen MR) is 339 cm³/mol. The monoisotopic (exact) mass is 1110 g/mol.